The van der Waals surface area contributed by atoms with E-state index in [9.17, 15) is 30.0 Å². The minimum absolute atomic E-state index is 0.220. The van der Waals surface area contributed by atoms with Crippen LogP contribution in [0.15, 0.2) is 12.2 Å². The fourth-order valence-corrected chi connectivity index (χ4v) is 4.33. The van der Waals surface area contributed by atoms with Crippen molar-refractivity contribution in [1.82, 2.24) is 0 Å². The Morgan fingerprint density at radius 1 is 0.750 bits per heavy atom. The summed E-state index contributed by atoms with van der Waals surface area (Å²) in [5.41, 5.74) is 0. The molecule has 1 aliphatic heterocycles. The Morgan fingerprint density at radius 3 is 2.00 bits per heavy atom. The summed E-state index contributed by atoms with van der Waals surface area (Å²) in [5, 5.41) is 39.4. The van der Waals surface area contributed by atoms with Gasteiger partial charge in [-0.3, -0.25) is 9.59 Å². The number of hydrogen-bond donors (Lipinski definition) is 4. The molecule has 0 aromatic carbocycles. The molecule has 0 radical (unpaired) electrons. The number of unbranched alkanes of at least 4 members (excludes halogenated alkanes) is 10. The van der Waals surface area contributed by atoms with Gasteiger partial charge in [0.25, 0.3) is 0 Å². The van der Waals surface area contributed by atoms with E-state index >= 15 is 0 Å². The fraction of sp³-hybridized carbons (Fsp3) is 0.867. The number of rotatable bonds is 23. The quantitative estimate of drug-likeness (QED) is 0.0807. The van der Waals surface area contributed by atoms with Gasteiger partial charge in [0.2, 0.25) is 0 Å². The summed E-state index contributed by atoms with van der Waals surface area (Å²) < 4.78 is 21.6. The maximum atomic E-state index is 12.5. The first-order valence-electron chi connectivity index (χ1n) is 15.3. The molecule has 0 aromatic heterocycles. The average Bonchev–Trinajstić information content (AvgIpc) is 2.95. The van der Waals surface area contributed by atoms with Crippen LogP contribution in [0.3, 0.4) is 0 Å². The van der Waals surface area contributed by atoms with Gasteiger partial charge >= 0.3 is 11.9 Å². The van der Waals surface area contributed by atoms with Crippen molar-refractivity contribution in [1.29, 1.82) is 0 Å². The summed E-state index contributed by atoms with van der Waals surface area (Å²) in [7, 11) is 0. The van der Waals surface area contributed by atoms with E-state index in [0.717, 1.165) is 44.9 Å². The van der Waals surface area contributed by atoms with Crippen molar-refractivity contribution in [3.05, 3.63) is 12.2 Å². The smallest absolute Gasteiger partial charge is 0.306 e. The average molecular weight is 575 g/mol. The zero-order chi connectivity index (χ0) is 29.6. The maximum absolute atomic E-state index is 12.5. The lowest BCUT2D eigenvalue weighted by Gasteiger charge is -2.39. The van der Waals surface area contributed by atoms with Crippen LogP contribution in [0.5, 0.6) is 0 Å². The highest BCUT2D eigenvalue weighted by Crippen LogP contribution is 2.22. The van der Waals surface area contributed by atoms with E-state index in [4.69, 9.17) is 18.9 Å². The van der Waals surface area contributed by atoms with Crippen LogP contribution in [0.25, 0.3) is 0 Å². The van der Waals surface area contributed by atoms with Gasteiger partial charge < -0.3 is 39.4 Å². The van der Waals surface area contributed by atoms with Crippen molar-refractivity contribution >= 4 is 11.9 Å². The first-order valence-corrected chi connectivity index (χ1v) is 15.3. The van der Waals surface area contributed by atoms with Crippen molar-refractivity contribution in [2.75, 3.05) is 19.8 Å². The second-order valence-electron chi connectivity index (χ2n) is 10.6. The zero-order valence-electron chi connectivity index (χ0n) is 24.6. The molecule has 1 fully saturated rings. The lowest BCUT2D eigenvalue weighted by atomic mass is 9.99. The molecule has 0 aliphatic carbocycles. The molecule has 4 N–H and O–H groups in total. The molecular formula is C30H54O10. The fourth-order valence-electron chi connectivity index (χ4n) is 4.33. The summed E-state index contributed by atoms with van der Waals surface area (Å²) >= 11 is 0. The topological polar surface area (TPSA) is 152 Å². The summed E-state index contributed by atoms with van der Waals surface area (Å²) in [4.78, 5) is 24.4. The third kappa shape index (κ3) is 16.0. The van der Waals surface area contributed by atoms with Gasteiger partial charge in [0.05, 0.1) is 13.2 Å². The van der Waals surface area contributed by atoms with Gasteiger partial charge in [0.1, 0.15) is 31.0 Å². The van der Waals surface area contributed by atoms with Gasteiger partial charge in [0, 0.05) is 12.8 Å². The lowest BCUT2D eigenvalue weighted by Crippen LogP contribution is -2.59. The van der Waals surface area contributed by atoms with Gasteiger partial charge in [-0.2, -0.15) is 0 Å². The number of esters is 2. The van der Waals surface area contributed by atoms with E-state index in [1.54, 1.807) is 0 Å². The number of ether oxygens (including phenoxy) is 4. The number of aliphatic hydroxyl groups is 4. The van der Waals surface area contributed by atoms with Crippen LogP contribution in [0, 0.1) is 0 Å². The van der Waals surface area contributed by atoms with Crippen molar-refractivity contribution in [2.45, 2.75) is 147 Å². The van der Waals surface area contributed by atoms with Crippen LogP contribution in [-0.2, 0) is 28.5 Å². The Morgan fingerprint density at radius 2 is 1.35 bits per heavy atom. The second kappa shape index (κ2) is 23.1. The molecule has 10 nitrogen and oxygen atoms in total. The highest BCUT2D eigenvalue weighted by Gasteiger charge is 2.44. The molecule has 1 saturated heterocycles. The standard InChI is InChI=1S/C30H54O10/c1-3-5-7-8-9-10-11-12-13-14-15-16-17-19-26(33)39-23(21-37-25(32)18-6-4-2)22-38-30-29(36)28(35)27(34)24(20-31)40-30/h10-11,23-24,27-31,34-36H,3-9,12-22H2,1-2H3/b11-10-. The zero-order valence-corrected chi connectivity index (χ0v) is 24.6. The van der Waals surface area contributed by atoms with Gasteiger partial charge in [0.15, 0.2) is 12.4 Å². The van der Waals surface area contributed by atoms with E-state index in [1.165, 1.54) is 25.7 Å². The molecule has 1 aliphatic rings. The molecule has 0 aromatic rings. The second-order valence-corrected chi connectivity index (χ2v) is 10.6. The summed E-state index contributed by atoms with van der Waals surface area (Å²) in [6.45, 7) is 3.09. The van der Waals surface area contributed by atoms with Gasteiger partial charge in [-0.05, 0) is 38.5 Å². The third-order valence-electron chi connectivity index (χ3n) is 6.90. The van der Waals surface area contributed by atoms with Crippen LogP contribution in [-0.4, -0.2) is 89.0 Å². The lowest BCUT2D eigenvalue weighted by molar-refractivity contribution is -0.305. The van der Waals surface area contributed by atoms with Crippen molar-refractivity contribution < 1.29 is 49.0 Å². The van der Waals surface area contributed by atoms with Crippen LogP contribution in [0.2, 0.25) is 0 Å². The molecule has 6 atom stereocenters. The number of hydrogen-bond acceptors (Lipinski definition) is 10. The molecule has 10 heteroatoms. The Kier molecular flexibility index (Phi) is 21.0. The van der Waals surface area contributed by atoms with Crippen LogP contribution in [0.1, 0.15) is 110 Å². The molecule has 0 saturated carbocycles. The number of aliphatic hydroxyl groups excluding tert-OH is 4. The molecule has 40 heavy (non-hydrogen) atoms. The predicted molar refractivity (Wildman–Crippen MR) is 150 cm³/mol. The number of carbonyl (C=O) groups excluding carboxylic acids is 2. The van der Waals surface area contributed by atoms with E-state index in [0.29, 0.717) is 12.8 Å². The Labute approximate surface area is 240 Å². The van der Waals surface area contributed by atoms with Crippen LogP contribution >= 0.6 is 0 Å². The summed E-state index contributed by atoms with van der Waals surface area (Å²) in [6.07, 6.45) is 10.7. The Hall–Kier alpha value is -1.56. The van der Waals surface area contributed by atoms with Crippen molar-refractivity contribution in [3.63, 3.8) is 0 Å². The largest absolute Gasteiger partial charge is 0.462 e. The van der Waals surface area contributed by atoms with E-state index in [1.807, 2.05) is 6.92 Å². The Bertz CT molecular complexity index is 683. The Balaban J connectivity index is 2.39. The first-order chi connectivity index (χ1) is 19.3. The van der Waals surface area contributed by atoms with E-state index < -0.39 is 55.4 Å². The molecule has 0 spiro atoms. The minimum atomic E-state index is -1.59. The molecule has 6 unspecified atom stereocenters. The van der Waals surface area contributed by atoms with Crippen LogP contribution < -0.4 is 0 Å². The van der Waals surface area contributed by atoms with E-state index in [-0.39, 0.29) is 26.1 Å². The van der Waals surface area contributed by atoms with Crippen LogP contribution in [0.4, 0.5) is 0 Å². The molecule has 1 heterocycles. The van der Waals surface area contributed by atoms with Gasteiger partial charge in [-0.25, -0.2) is 0 Å². The predicted octanol–water partition coefficient (Wildman–Crippen LogP) is 3.71. The molecule has 0 amide bonds. The van der Waals surface area contributed by atoms with Gasteiger partial charge in [-0.15, -0.1) is 0 Å². The summed E-state index contributed by atoms with van der Waals surface area (Å²) in [5.74, 6) is -0.861. The molecular weight excluding hydrogens is 520 g/mol. The first kappa shape index (κ1) is 36.5. The SMILES string of the molecule is CCCCCC/C=C\CCCCCCCC(=O)OC(COC(=O)CCCC)COC1OC(CO)C(O)C(O)C1O. The summed E-state index contributed by atoms with van der Waals surface area (Å²) in [6, 6.07) is 0. The number of allylic oxidation sites excluding steroid dienone is 2. The normalized spacial score (nSPS) is 23.8. The maximum Gasteiger partial charge on any atom is 0.306 e. The monoisotopic (exact) mass is 574 g/mol. The minimum Gasteiger partial charge on any atom is -0.462 e. The molecule has 1 rings (SSSR count). The van der Waals surface area contributed by atoms with Crippen molar-refractivity contribution in [3.8, 4) is 0 Å². The molecule has 0 bridgehead atoms. The highest BCUT2D eigenvalue weighted by atomic mass is 16.7. The molecule has 234 valence electrons. The van der Waals surface area contributed by atoms with E-state index in [2.05, 4.69) is 19.1 Å². The third-order valence-corrected chi connectivity index (χ3v) is 6.90. The highest BCUT2D eigenvalue weighted by molar-refractivity contribution is 5.70. The van der Waals surface area contributed by atoms with Crippen molar-refractivity contribution in [2.24, 2.45) is 0 Å². The van der Waals surface area contributed by atoms with Gasteiger partial charge in [-0.1, -0.05) is 70.9 Å². The number of carbonyl (C=O) groups is 2.